The van der Waals surface area contributed by atoms with Gasteiger partial charge in [0.2, 0.25) is 10.0 Å². The summed E-state index contributed by atoms with van der Waals surface area (Å²) >= 11 is 2.91. The number of rotatable bonds is 5. The molecule has 0 amide bonds. The van der Waals surface area contributed by atoms with Crippen molar-refractivity contribution in [3.63, 3.8) is 0 Å². The first-order valence-electron chi connectivity index (χ1n) is 5.33. The predicted molar refractivity (Wildman–Crippen MR) is 75.3 cm³/mol. The average Bonchev–Trinajstić information content (AvgIpc) is 2.95. The number of hydrogen-bond acceptors (Lipinski definition) is 5. The van der Waals surface area contributed by atoms with Crippen LogP contribution in [0.25, 0.3) is 0 Å². The molecule has 2 aromatic rings. The lowest BCUT2D eigenvalue weighted by atomic mass is 10.3. The second-order valence-corrected chi connectivity index (χ2v) is 7.57. The van der Waals surface area contributed by atoms with E-state index >= 15 is 0 Å². The van der Waals surface area contributed by atoms with Crippen LogP contribution in [-0.4, -0.2) is 8.42 Å². The van der Waals surface area contributed by atoms with Crippen molar-refractivity contribution < 1.29 is 8.42 Å². The second-order valence-electron chi connectivity index (χ2n) is 3.80. The quantitative estimate of drug-likeness (QED) is 0.888. The van der Waals surface area contributed by atoms with E-state index < -0.39 is 10.0 Å². The molecule has 2 heterocycles. The second kappa shape index (κ2) is 5.50. The Morgan fingerprint density at radius 3 is 2.72 bits per heavy atom. The molecule has 4 nitrogen and oxygen atoms in total. The lowest BCUT2D eigenvalue weighted by Crippen LogP contribution is -2.22. The molecule has 0 aliphatic rings. The van der Waals surface area contributed by atoms with Gasteiger partial charge in [-0.2, -0.15) is 0 Å². The van der Waals surface area contributed by atoms with E-state index in [9.17, 15) is 8.42 Å². The first kappa shape index (κ1) is 13.7. The van der Waals surface area contributed by atoms with Gasteiger partial charge in [-0.1, -0.05) is 0 Å². The normalized spacial score (nSPS) is 11.9. The minimum absolute atomic E-state index is 0.294. The highest BCUT2D eigenvalue weighted by Gasteiger charge is 2.16. The van der Waals surface area contributed by atoms with Gasteiger partial charge in [-0.25, -0.2) is 13.1 Å². The molecule has 0 spiro atoms. The lowest BCUT2D eigenvalue weighted by molar-refractivity contribution is 0.582. The molecule has 2 aromatic heterocycles. The Hall–Kier alpha value is -0.730. The molecule has 0 atom stereocenters. The third-order valence-corrected chi connectivity index (χ3v) is 6.04. The molecule has 2 rings (SSSR count). The first-order valence-corrected chi connectivity index (χ1v) is 8.57. The number of sulfonamides is 1. The molecule has 0 saturated heterocycles. The standard InChI is InChI=1S/C11H14N2O2S3/c1-8-2-3-16-11(8)6-13-18(14,15)10-4-9(5-12)17-7-10/h2-4,7,13H,5-6,12H2,1H3. The van der Waals surface area contributed by atoms with E-state index in [0.29, 0.717) is 18.0 Å². The zero-order valence-corrected chi connectivity index (χ0v) is 12.3. The van der Waals surface area contributed by atoms with Crippen molar-refractivity contribution in [2.24, 2.45) is 5.73 Å². The molecule has 0 bridgehead atoms. The minimum Gasteiger partial charge on any atom is -0.326 e. The van der Waals surface area contributed by atoms with E-state index in [1.165, 1.54) is 11.3 Å². The Morgan fingerprint density at radius 1 is 1.39 bits per heavy atom. The molecule has 0 radical (unpaired) electrons. The molecule has 0 aromatic carbocycles. The van der Waals surface area contributed by atoms with Crippen molar-refractivity contribution in [1.82, 2.24) is 4.72 Å². The Kier molecular flexibility index (Phi) is 4.18. The van der Waals surface area contributed by atoms with Crippen LogP contribution in [0.1, 0.15) is 15.3 Å². The molecule has 3 N–H and O–H groups in total. The Labute approximate surface area is 115 Å². The number of nitrogens with one attached hydrogen (secondary N) is 1. The van der Waals surface area contributed by atoms with Crippen molar-refractivity contribution in [2.45, 2.75) is 24.9 Å². The number of thiophene rings is 2. The van der Waals surface area contributed by atoms with Crippen LogP contribution in [0.3, 0.4) is 0 Å². The van der Waals surface area contributed by atoms with Crippen LogP contribution in [0.5, 0.6) is 0 Å². The van der Waals surface area contributed by atoms with E-state index in [2.05, 4.69) is 4.72 Å². The number of hydrogen-bond donors (Lipinski definition) is 2. The summed E-state index contributed by atoms with van der Waals surface area (Å²) in [5, 5.41) is 3.57. The average molecular weight is 302 g/mol. The van der Waals surface area contributed by atoms with Crippen molar-refractivity contribution in [1.29, 1.82) is 0 Å². The van der Waals surface area contributed by atoms with Crippen LogP contribution in [0.4, 0.5) is 0 Å². The highest BCUT2D eigenvalue weighted by Crippen LogP contribution is 2.20. The van der Waals surface area contributed by atoms with Gasteiger partial charge < -0.3 is 5.73 Å². The zero-order valence-electron chi connectivity index (χ0n) is 9.84. The van der Waals surface area contributed by atoms with Crippen molar-refractivity contribution >= 4 is 32.7 Å². The third-order valence-electron chi connectivity index (χ3n) is 2.53. The van der Waals surface area contributed by atoms with E-state index in [4.69, 9.17) is 5.73 Å². The minimum atomic E-state index is -3.43. The van der Waals surface area contributed by atoms with Gasteiger partial charge in [0.25, 0.3) is 0 Å². The number of nitrogens with two attached hydrogens (primary N) is 1. The van der Waals surface area contributed by atoms with Gasteiger partial charge in [-0.05, 0) is 30.0 Å². The van der Waals surface area contributed by atoms with Gasteiger partial charge in [-0.15, -0.1) is 22.7 Å². The fraction of sp³-hybridized carbons (Fsp3) is 0.273. The molecular weight excluding hydrogens is 288 g/mol. The van der Waals surface area contributed by atoms with Crippen LogP contribution in [0, 0.1) is 6.92 Å². The van der Waals surface area contributed by atoms with E-state index in [-0.39, 0.29) is 0 Å². The molecule has 0 aliphatic carbocycles. The van der Waals surface area contributed by atoms with Crippen molar-refractivity contribution in [3.8, 4) is 0 Å². The van der Waals surface area contributed by atoms with Gasteiger partial charge in [-0.3, -0.25) is 0 Å². The maximum atomic E-state index is 12.0. The Morgan fingerprint density at radius 2 is 2.17 bits per heavy atom. The highest BCUT2D eigenvalue weighted by molar-refractivity contribution is 7.89. The number of aryl methyl sites for hydroxylation is 1. The summed E-state index contributed by atoms with van der Waals surface area (Å²) < 4.78 is 26.7. The van der Waals surface area contributed by atoms with Gasteiger partial charge >= 0.3 is 0 Å². The molecule has 0 fully saturated rings. The maximum Gasteiger partial charge on any atom is 0.241 e. The molecular formula is C11H14N2O2S3. The fourth-order valence-corrected chi connectivity index (χ4v) is 4.53. The maximum absolute atomic E-state index is 12.0. The SMILES string of the molecule is Cc1ccsc1CNS(=O)(=O)c1csc(CN)c1. The van der Waals surface area contributed by atoms with Crippen LogP contribution in [0.2, 0.25) is 0 Å². The van der Waals surface area contributed by atoms with Gasteiger partial charge in [0.1, 0.15) is 0 Å². The Balaban J connectivity index is 2.10. The molecule has 0 saturated carbocycles. The third kappa shape index (κ3) is 2.99. The lowest BCUT2D eigenvalue weighted by Gasteiger charge is -2.04. The van der Waals surface area contributed by atoms with E-state index in [1.807, 2.05) is 18.4 Å². The summed E-state index contributed by atoms with van der Waals surface area (Å²) in [6.45, 7) is 2.67. The Bertz CT molecular complexity index is 628. The molecule has 18 heavy (non-hydrogen) atoms. The molecule has 98 valence electrons. The zero-order chi connectivity index (χ0) is 13.2. The fourth-order valence-electron chi connectivity index (χ4n) is 1.44. The predicted octanol–water partition coefficient (Wildman–Crippen LogP) is 2.06. The summed E-state index contributed by atoms with van der Waals surface area (Å²) in [6.07, 6.45) is 0. The summed E-state index contributed by atoms with van der Waals surface area (Å²) in [6, 6.07) is 3.60. The van der Waals surface area contributed by atoms with Crippen LogP contribution in [-0.2, 0) is 23.1 Å². The molecule has 7 heteroatoms. The summed E-state index contributed by atoms with van der Waals surface area (Å²) in [5.41, 5.74) is 6.58. The largest absolute Gasteiger partial charge is 0.326 e. The van der Waals surface area contributed by atoms with Crippen LogP contribution >= 0.6 is 22.7 Å². The van der Waals surface area contributed by atoms with Gasteiger partial charge in [0.15, 0.2) is 0 Å². The van der Waals surface area contributed by atoms with Crippen LogP contribution in [0.15, 0.2) is 27.8 Å². The monoisotopic (exact) mass is 302 g/mol. The highest BCUT2D eigenvalue weighted by atomic mass is 32.2. The van der Waals surface area contributed by atoms with Crippen LogP contribution < -0.4 is 10.5 Å². The van der Waals surface area contributed by atoms with E-state index in [0.717, 1.165) is 15.3 Å². The van der Waals surface area contributed by atoms with Gasteiger partial charge in [0.05, 0.1) is 4.90 Å². The van der Waals surface area contributed by atoms with Crippen molar-refractivity contribution in [2.75, 3.05) is 0 Å². The smallest absolute Gasteiger partial charge is 0.241 e. The van der Waals surface area contributed by atoms with Crippen molar-refractivity contribution in [3.05, 3.63) is 38.2 Å². The molecule has 0 unspecified atom stereocenters. The molecule has 0 aliphatic heterocycles. The topological polar surface area (TPSA) is 72.2 Å². The first-order chi connectivity index (χ1) is 8.53. The summed E-state index contributed by atoms with van der Waals surface area (Å²) in [7, 11) is -3.43. The van der Waals surface area contributed by atoms with Gasteiger partial charge in [0, 0.05) is 28.2 Å². The summed E-state index contributed by atoms with van der Waals surface area (Å²) in [4.78, 5) is 2.19. The summed E-state index contributed by atoms with van der Waals surface area (Å²) in [5.74, 6) is 0. The van der Waals surface area contributed by atoms with E-state index in [1.54, 1.807) is 22.8 Å².